The van der Waals surface area contributed by atoms with Crippen molar-refractivity contribution < 1.29 is 0 Å². The summed E-state index contributed by atoms with van der Waals surface area (Å²) in [5, 5.41) is 8.48. The average Bonchev–Trinajstić information content (AvgIpc) is 3.09. The lowest BCUT2D eigenvalue weighted by Crippen LogP contribution is -2.18. The summed E-state index contributed by atoms with van der Waals surface area (Å²) in [4.78, 5) is 0. The Morgan fingerprint density at radius 1 is 0.760 bits per heavy atom. The molecule has 3 aromatic carbocycles. The Bertz CT molecular complexity index is 887. The summed E-state index contributed by atoms with van der Waals surface area (Å²) >= 11 is 12.1. The second-order valence-electron chi connectivity index (χ2n) is 6.01. The molecule has 0 aromatic heterocycles. The quantitative estimate of drug-likeness (QED) is 0.527. The van der Waals surface area contributed by atoms with Gasteiger partial charge in [-0.3, -0.25) is 5.01 Å². The maximum atomic E-state index is 6.06. The molecule has 1 aliphatic rings. The van der Waals surface area contributed by atoms with Crippen molar-refractivity contribution in [2.45, 2.75) is 12.5 Å². The van der Waals surface area contributed by atoms with E-state index in [4.69, 9.17) is 28.3 Å². The van der Waals surface area contributed by atoms with Gasteiger partial charge in [0.15, 0.2) is 0 Å². The molecular formula is C21H16Cl2N2. The fraction of sp³-hybridized carbons (Fsp3) is 0.0952. The van der Waals surface area contributed by atoms with Crippen LogP contribution in [-0.2, 0) is 0 Å². The lowest BCUT2D eigenvalue weighted by Gasteiger charge is -2.24. The van der Waals surface area contributed by atoms with Gasteiger partial charge in [-0.1, -0.05) is 65.7 Å². The zero-order valence-electron chi connectivity index (χ0n) is 13.4. The highest BCUT2D eigenvalue weighted by Gasteiger charge is 2.29. The molecule has 25 heavy (non-hydrogen) atoms. The first-order valence-electron chi connectivity index (χ1n) is 8.14. The number of para-hydroxylation sites is 1. The molecule has 0 radical (unpaired) electrons. The van der Waals surface area contributed by atoms with E-state index in [2.05, 4.69) is 29.3 Å². The molecule has 1 aliphatic heterocycles. The van der Waals surface area contributed by atoms with Crippen LogP contribution in [0.1, 0.15) is 23.6 Å². The Kier molecular flexibility index (Phi) is 4.48. The van der Waals surface area contributed by atoms with Crippen molar-refractivity contribution in [1.29, 1.82) is 0 Å². The summed E-state index contributed by atoms with van der Waals surface area (Å²) in [6, 6.07) is 26.2. The first kappa shape index (κ1) is 16.2. The van der Waals surface area contributed by atoms with Gasteiger partial charge in [-0.2, -0.15) is 5.10 Å². The number of halogens is 2. The van der Waals surface area contributed by atoms with Crippen LogP contribution in [0.25, 0.3) is 0 Å². The summed E-state index contributed by atoms with van der Waals surface area (Å²) in [5.74, 6) is 0. The van der Waals surface area contributed by atoms with Crippen LogP contribution in [0.15, 0.2) is 84.0 Å². The van der Waals surface area contributed by atoms with Crippen LogP contribution in [0.5, 0.6) is 0 Å². The minimum Gasteiger partial charge on any atom is -0.257 e. The van der Waals surface area contributed by atoms with Crippen LogP contribution in [-0.4, -0.2) is 5.71 Å². The highest BCUT2D eigenvalue weighted by Crippen LogP contribution is 2.37. The smallest absolute Gasteiger partial charge is 0.0831 e. The van der Waals surface area contributed by atoms with Crippen LogP contribution in [0.2, 0.25) is 10.0 Å². The Hall–Kier alpha value is -2.29. The predicted octanol–water partition coefficient (Wildman–Crippen LogP) is 6.35. The third kappa shape index (κ3) is 3.41. The van der Waals surface area contributed by atoms with E-state index in [0.29, 0.717) is 0 Å². The number of benzene rings is 3. The molecule has 0 spiro atoms. The number of hydrazone groups is 1. The van der Waals surface area contributed by atoms with Crippen molar-refractivity contribution in [3.63, 3.8) is 0 Å². The molecule has 0 saturated carbocycles. The van der Waals surface area contributed by atoms with E-state index in [1.54, 1.807) is 0 Å². The normalized spacial score (nSPS) is 16.8. The van der Waals surface area contributed by atoms with Gasteiger partial charge in [0.1, 0.15) is 0 Å². The van der Waals surface area contributed by atoms with E-state index in [9.17, 15) is 0 Å². The number of anilines is 1. The molecule has 4 rings (SSSR count). The number of rotatable bonds is 3. The second-order valence-corrected chi connectivity index (χ2v) is 6.88. The Labute approximate surface area is 157 Å². The molecule has 0 N–H and O–H groups in total. The zero-order chi connectivity index (χ0) is 17.2. The van der Waals surface area contributed by atoms with Crippen LogP contribution >= 0.6 is 23.2 Å². The monoisotopic (exact) mass is 366 g/mol. The molecule has 2 nitrogen and oxygen atoms in total. The van der Waals surface area contributed by atoms with Crippen molar-refractivity contribution >= 4 is 34.6 Å². The Morgan fingerprint density at radius 3 is 2.00 bits per heavy atom. The molecule has 4 heteroatoms. The van der Waals surface area contributed by atoms with Crippen LogP contribution in [0.3, 0.4) is 0 Å². The first-order chi connectivity index (χ1) is 12.2. The maximum absolute atomic E-state index is 6.06. The van der Waals surface area contributed by atoms with Crippen molar-refractivity contribution in [2.24, 2.45) is 5.10 Å². The highest BCUT2D eigenvalue weighted by molar-refractivity contribution is 6.31. The molecule has 0 saturated heterocycles. The summed E-state index contributed by atoms with van der Waals surface area (Å²) in [6.45, 7) is 0. The number of hydrogen-bond acceptors (Lipinski definition) is 2. The van der Waals surface area contributed by atoms with E-state index in [-0.39, 0.29) is 6.04 Å². The summed E-state index contributed by atoms with van der Waals surface area (Å²) in [6.07, 6.45) is 0.832. The van der Waals surface area contributed by atoms with Crippen molar-refractivity contribution in [1.82, 2.24) is 0 Å². The van der Waals surface area contributed by atoms with Crippen LogP contribution in [0, 0.1) is 0 Å². The predicted molar refractivity (Wildman–Crippen MR) is 106 cm³/mol. The van der Waals surface area contributed by atoms with E-state index in [1.807, 2.05) is 54.6 Å². The van der Waals surface area contributed by atoms with Gasteiger partial charge < -0.3 is 0 Å². The number of nitrogens with zero attached hydrogens (tertiary/aromatic N) is 2. The fourth-order valence-electron chi connectivity index (χ4n) is 3.09. The standard InChI is InChI=1S/C21H16Cl2N2/c22-17-10-6-15(7-11-17)20-14-21(16-8-12-18(23)13-9-16)25(24-20)19-4-2-1-3-5-19/h1-13,21H,14H2/t21-/m1/s1. The van der Waals surface area contributed by atoms with Crippen LogP contribution in [0.4, 0.5) is 5.69 Å². The van der Waals surface area contributed by atoms with Gasteiger partial charge in [0.05, 0.1) is 17.4 Å². The SMILES string of the molecule is Clc1ccc(C2=NN(c3ccccc3)[C@@H](c3ccc(Cl)cc3)C2)cc1. The van der Waals surface area contributed by atoms with E-state index in [0.717, 1.165) is 33.4 Å². The fourth-order valence-corrected chi connectivity index (χ4v) is 3.34. The lowest BCUT2D eigenvalue weighted by atomic mass is 9.98. The summed E-state index contributed by atoms with van der Waals surface area (Å²) in [7, 11) is 0. The topological polar surface area (TPSA) is 15.6 Å². The molecule has 1 heterocycles. The van der Waals surface area contributed by atoms with Crippen molar-refractivity contribution in [3.05, 3.63) is 100 Å². The molecule has 3 aromatic rings. The van der Waals surface area contributed by atoms with Gasteiger partial charge >= 0.3 is 0 Å². The third-order valence-electron chi connectivity index (χ3n) is 4.36. The Balaban J connectivity index is 1.73. The van der Waals surface area contributed by atoms with Gasteiger partial charge in [-0.15, -0.1) is 0 Å². The molecule has 124 valence electrons. The lowest BCUT2D eigenvalue weighted by molar-refractivity contribution is 0.709. The van der Waals surface area contributed by atoms with E-state index in [1.165, 1.54) is 5.56 Å². The molecule has 0 unspecified atom stereocenters. The van der Waals surface area contributed by atoms with Gasteiger partial charge in [0.25, 0.3) is 0 Å². The largest absolute Gasteiger partial charge is 0.257 e. The third-order valence-corrected chi connectivity index (χ3v) is 4.87. The minimum atomic E-state index is 0.144. The Morgan fingerprint density at radius 2 is 1.36 bits per heavy atom. The molecule has 0 amide bonds. The molecule has 0 fully saturated rings. The van der Waals surface area contributed by atoms with Gasteiger partial charge in [-0.05, 0) is 47.5 Å². The summed E-state index contributed by atoms with van der Waals surface area (Å²) in [5.41, 5.74) is 4.43. The van der Waals surface area contributed by atoms with Gasteiger partial charge in [-0.25, -0.2) is 0 Å². The molecule has 1 atom stereocenters. The zero-order valence-corrected chi connectivity index (χ0v) is 15.0. The van der Waals surface area contributed by atoms with E-state index >= 15 is 0 Å². The molecule has 0 aliphatic carbocycles. The van der Waals surface area contributed by atoms with E-state index < -0.39 is 0 Å². The average molecular weight is 367 g/mol. The second kappa shape index (κ2) is 6.91. The number of hydrogen-bond donors (Lipinski definition) is 0. The minimum absolute atomic E-state index is 0.144. The van der Waals surface area contributed by atoms with Crippen molar-refractivity contribution in [2.75, 3.05) is 5.01 Å². The summed E-state index contributed by atoms with van der Waals surface area (Å²) < 4.78 is 0. The molecule has 0 bridgehead atoms. The highest BCUT2D eigenvalue weighted by atomic mass is 35.5. The molecular weight excluding hydrogens is 351 g/mol. The maximum Gasteiger partial charge on any atom is 0.0831 e. The first-order valence-corrected chi connectivity index (χ1v) is 8.89. The van der Waals surface area contributed by atoms with Crippen molar-refractivity contribution in [3.8, 4) is 0 Å². The van der Waals surface area contributed by atoms with Crippen LogP contribution < -0.4 is 5.01 Å². The van der Waals surface area contributed by atoms with Gasteiger partial charge in [0, 0.05) is 16.5 Å². The van der Waals surface area contributed by atoms with Gasteiger partial charge in [0.2, 0.25) is 0 Å².